The van der Waals surface area contributed by atoms with Crippen LogP contribution in [0.15, 0.2) is 36.7 Å². The fourth-order valence-corrected chi connectivity index (χ4v) is 1.83. The molecule has 0 unspecified atom stereocenters. The number of nitrogens with zero attached hydrogens (tertiary/aromatic N) is 2. The second-order valence-corrected chi connectivity index (χ2v) is 5.12. The number of carbonyl (C=O) groups is 1. The van der Waals surface area contributed by atoms with Gasteiger partial charge in [-0.1, -0.05) is 23.7 Å². The standard InChI is InChI=1S/C15H15ClN2O2/c1-10(2)18-9-12(8-17-18)14(19)5-3-11-4-6-15(20)13(16)7-11/h3-10,20H,1-2H3/b5-3+. The van der Waals surface area contributed by atoms with Gasteiger partial charge in [0.05, 0.1) is 16.8 Å². The molecule has 0 saturated carbocycles. The molecule has 2 aromatic rings. The lowest BCUT2D eigenvalue weighted by Crippen LogP contribution is -2.00. The molecule has 5 heteroatoms. The van der Waals surface area contributed by atoms with Crippen molar-refractivity contribution in [1.29, 1.82) is 0 Å². The van der Waals surface area contributed by atoms with Gasteiger partial charge in [0, 0.05) is 12.2 Å². The van der Waals surface area contributed by atoms with Crippen molar-refractivity contribution < 1.29 is 9.90 Å². The van der Waals surface area contributed by atoms with Gasteiger partial charge >= 0.3 is 0 Å². The molecule has 0 saturated heterocycles. The second-order valence-electron chi connectivity index (χ2n) is 4.71. The van der Waals surface area contributed by atoms with Gasteiger partial charge in [0.25, 0.3) is 0 Å². The molecule has 0 radical (unpaired) electrons. The molecule has 0 bridgehead atoms. The van der Waals surface area contributed by atoms with Crippen LogP contribution in [-0.2, 0) is 0 Å². The van der Waals surface area contributed by atoms with Crippen molar-refractivity contribution >= 4 is 23.5 Å². The molecule has 0 aliphatic heterocycles. The monoisotopic (exact) mass is 290 g/mol. The number of aromatic hydroxyl groups is 1. The maximum Gasteiger partial charge on any atom is 0.189 e. The van der Waals surface area contributed by atoms with Crippen LogP contribution in [0.2, 0.25) is 5.02 Å². The molecule has 0 amide bonds. The molecular weight excluding hydrogens is 276 g/mol. The molecule has 104 valence electrons. The number of hydrogen-bond acceptors (Lipinski definition) is 3. The van der Waals surface area contributed by atoms with E-state index < -0.39 is 0 Å². The highest BCUT2D eigenvalue weighted by Gasteiger charge is 2.07. The Morgan fingerprint density at radius 3 is 2.80 bits per heavy atom. The summed E-state index contributed by atoms with van der Waals surface area (Å²) < 4.78 is 1.73. The van der Waals surface area contributed by atoms with Crippen LogP contribution in [0.4, 0.5) is 0 Å². The molecule has 4 nitrogen and oxygen atoms in total. The molecule has 2 rings (SSSR count). The van der Waals surface area contributed by atoms with Gasteiger partial charge in [-0.25, -0.2) is 0 Å². The molecule has 1 aromatic carbocycles. The Balaban J connectivity index is 2.13. The van der Waals surface area contributed by atoms with E-state index in [-0.39, 0.29) is 22.6 Å². The van der Waals surface area contributed by atoms with Crippen molar-refractivity contribution in [2.45, 2.75) is 19.9 Å². The van der Waals surface area contributed by atoms with E-state index in [4.69, 9.17) is 11.6 Å². The molecule has 1 aromatic heterocycles. The van der Waals surface area contributed by atoms with Crippen LogP contribution < -0.4 is 0 Å². The first-order valence-corrected chi connectivity index (χ1v) is 6.60. The van der Waals surface area contributed by atoms with Gasteiger partial charge in [0.2, 0.25) is 0 Å². The summed E-state index contributed by atoms with van der Waals surface area (Å²) in [5.41, 5.74) is 1.29. The predicted octanol–water partition coefficient (Wildman–Crippen LogP) is 3.72. The highest BCUT2D eigenvalue weighted by atomic mass is 35.5. The molecule has 20 heavy (non-hydrogen) atoms. The molecular formula is C15H15ClN2O2. The van der Waals surface area contributed by atoms with Gasteiger partial charge in [0.1, 0.15) is 5.75 Å². The zero-order valence-corrected chi connectivity index (χ0v) is 12.0. The summed E-state index contributed by atoms with van der Waals surface area (Å²) in [6, 6.07) is 4.99. The number of ketones is 1. The Hall–Kier alpha value is -2.07. The molecule has 1 heterocycles. The Labute approximate surface area is 122 Å². The fourth-order valence-electron chi connectivity index (χ4n) is 1.64. The topological polar surface area (TPSA) is 55.1 Å². The number of allylic oxidation sites excluding steroid dienone is 1. The van der Waals surface area contributed by atoms with E-state index in [1.54, 1.807) is 35.3 Å². The van der Waals surface area contributed by atoms with Crippen molar-refractivity contribution in [3.63, 3.8) is 0 Å². The van der Waals surface area contributed by atoms with Crippen LogP contribution in [0.3, 0.4) is 0 Å². The Morgan fingerprint density at radius 1 is 1.45 bits per heavy atom. The Bertz CT molecular complexity index is 660. The van der Waals surface area contributed by atoms with E-state index in [0.717, 1.165) is 5.56 Å². The van der Waals surface area contributed by atoms with Crippen molar-refractivity contribution in [3.05, 3.63) is 52.8 Å². The van der Waals surface area contributed by atoms with Gasteiger partial charge in [0.15, 0.2) is 5.78 Å². The van der Waals surface area contributed by atoms with Crippen LogP contribution in [0.25, 0.3) is 6.08 Å². The summed E-state index contributed by atoms with van der Waals surface area (Å²) >= 11 is 5.80. The normalized spacial score (nSPS) is 11.4. The van der Waals surface area contributed by atoms with Crippen molar-refractivity contribution in [1.82, 2.24) is 9.78 Å². The quantitative estimate of drug-likeness (QED) is 0.690. The number of halogens is 1. The van der Waals surface area contributed by atoms with E-state index >= 15 is 0 Å². The second kappa shape index (κ2) is 5.92. The van der Waals surface area contributed by atoms with Gasteiger partial charge in [-0.3, -0.25) is 9.48 Å². The number of phenolic OH excluding ortho intramolecular Hbond substituents is 1. The van der Waals surface area contributed by atoms with E-state index in [9.17, 15) is 9.90 Å². The smallest absolute Gasteiger partial charge is 0.189 e. The molecule has 0 aliphatic carbocycles. The lowest BCUT2D eigenvalue weighted by molar-refractivity contribution is 0.104. The third kappa shape index (κ3) is 3.27. The molecule has 0 spiro atoms. The predicted molar refractivity (Wildman–Crippen MR) is 79.1 cm³/mol. The Morgan fingerprint density at radius 2 is 2.20 bits per heavy atom. The minimum atomic E-state index is -0.124. The van der Waals surface area contributed by atoms with Crippen LogP contribution in [0.1, 0.15) is 35.8 Å². The zero-order valence-electron chi connectivity index (χ0n) is 11.2. The maximum absolute atomic E-state index is 12.0. The number of carbonyl (C=O) groups excluding carboxylic acids is 1. The summed E-state index contributed by atoms with van der Waals surface area (Å²) in [7, 11) is 0. The van der Waals surface area contributed by atoms with E-state index in [0.29, 0.717) is 5.56 Å². The van der Waals surface area contributed by atoms with Crippen LogP contribution >= 0.6 is 11.6 Å². The van der Waals surface area contributed by atoms with Gasteiger partial charge in [-0.2, -0.15) is 5.10 Å². The van der Waals surface area contributed by atoms with Gasteiger partial charge in [-0.15, -0.1) is 0 Å². The van der Waals surface area contributed by atoms with Crippen LogP contribution in [-0.4, -0.2) is 20.7 Å². The number of rotatable bonds is 4. The minimum Gasteiger partial charge on any atom is -0.506 e. The minimum absolute atomic E-state index is 0.0216. The van der Waals surface area contributed by atoms with Crippen molar-refractivity contribution in [2.24, 2.45) is 0 Å². The number of phenols is 1. The lowest BCUT2D eigenvalue weighted by Gasteiger charge is -2.02. The first-order chi connectivity index (χ1) is 9.47. The van der Waals surface area contributed by atoms with Crippen LogP contribution in [0.5, 0.6) is 5.75 Å². The first kappa shape index (κ1) is 14.3. The van der Waals surface area contributed by atoms with E-state index in [2.05, 4.69) is 5.10 Å². The molecule has 0 fully saturated rings. The molecule has 0 aliphatic rings. The SMILES string of the molecule is CC(C)n1cc(C(=O)/C=C/c2ccc(O)c(Cl)c2)cn1. The molecule has 1 N–H and O–H groups in total. The summed E-state index contributed by atoms with van der Waals surface area (Å²) in [6.45, 7) is 3.99. The number of aromatic nitrogens is 2. The average molecular weight is 291 g/mol. The highest BCUT2D eigenvalue weighted by Crippen LogP contribution is 2.24. The third-order valence-electron chi connectivity index (χ3n) is 2.81. The van der Waals surface area contributed by atoms with Crippen molar-refractivity contribution in [3.8, 4) is 5.75 Å². The summed E-state index contributed by atoms with van der Waals surface area (Å²) in [4.78, 5) is 12.0. The Kier molecular flexibility index (Phi) is 4.25. The summed E-state index contributed by atoms with van der Waals surface area (Å²) in [5, 5.41) is 13.7. The lowest BCUT2D eigenvalue weighted by atomic mass is 10.1. The fraction of sp³-hybridized carbons (Fsp3) is 0.200. The summed E-state index contributed by atoms with van der Waals surface area (Å²) in [5.74, 6) is -0.102. The number of benzene rings is 1. The number of hydrogen-bond donors (Lipinski definition) is 1. The van der Waals surface area contributed by atoms with Crippen molar-refractivity contribution in [2.75, 3.05) is 0 Å². The van der Waals surface area contributed by atoms with E-state index in [1.165, 1.54) is 12.1 Å². The van der Waals surface area contributed by atoms with Gasteiger partial charge < -0.3 is 5.11 Å². The van der Waals surface area contributed by atoms with Crippen LogP contribution in [0, 0.1) is 0 Å². The first-order valence-electron chi connectivity index (χ1n) is 6.22. The third-order valence-corrected chi connectivity index (χ3v) is 3.12. The van der Waals surface area contributed by atoms with E-state index in [1.807, 2.05) is 13.8 Å². The summed E-state index contributed by atoms with van der Waals surface area (Å²) in [6.07, 6.45) is 6.39. The average Bonchev–Trinajstić information content (AvgIpc) is 2.89. The maximum atomic E-state index is 12.0. The van der Waals surface area contributed by atoms with Gasteiger partial charge in [-0.05, 0) is 37.6 Å². The largest absolute Gasteiger partial charge is 0.506 e. The molecule has 0 atom stereocenters. The zero-order chi connectivity index (χ0) is 14.7. The highest BCUT2D eigenvalue weighted by molar-refractivity contribution is 6.32.